The van der Waals surface area contributed by atoms with E-state index in [9.17, 15) is 23.2 Å². The van der Waals surface area contributed by atoms with Crippen LogP contribution in [0.15, 0.2) is 30.6 Å². The molecule has 1 aliphatic rings. The summed E-state index contributed by atoms with van der Waals surface area (Å²) in [6.45, 7) is 1.30. The summed E-state index contributed by atoms with van der Waals surface area (Å²) in [6.07, 6.45) is -1.12. The highest BCUT2D eigenvalue weighted by atomic mass is 19.4. The summed E-state index contributed by atoms with van der Waals surface area (Å²) in [4.78, 5) is 21.8. The number of amides is 1. The van der Waals surface area contributed by atoms with Crippen molar-refractivity contribution in [2.45, 2.75) is 31.5 Å². The minimum absolute atomic E-state index is 0.0400. The second-order valence-corrected chi connectivity index (χ2v) is 8.20. The van der Waals surface area contributed by atoms with E-state index in [0.717, 1.165) is 19.0 Å². The standard InChI is InChI=1S/C23H23F3N6O2/c1-31-13-29-21-17(12-27)30-16(11-19(21)31)14-5-6-20(15(10-14)23(24,25)26)34-9-3-8-32-7-2-4-18(32)22(28)33/h5-6,10-11,13,18H,2-4,7-9H2,1H3,(H2,28,33). The maximum atomic E-state index is 13.8. The van der Waals surface area contributed by atoms with E-state index in [1.54, 1.807) is 17.7 Å². The molecule has 178 valence electrons. The zero-order chi connectivity index (χ0) is 24.5. The molecule has 1 atom stereocenters. The molecule has 1 saturated heterocycles. The van der Waals surface area contributed by atoms with Crippen LogP contribution in [0.2, 0.25) is 0 Å². The Hall–Kier alpha value is -3.65. The summed E-state index contributed by atoms with van der Waals surface area (Å²) in [5, 5.41) is 9.40. The molecule has 8 nitrogen and oxygen atoms in total. The maximum Gasteiger partial charge on any atom is 0.419 e. The molecule has 2 aromatic heterocycles. The van der Waals surface area contributed by atoms with E-state index in [0.29, 0.717) is 30.4 Å². The number of primary amides is 1. The Labute approximate surface area is 193 Å². The molecule has 0 radical (unpaired) electrons. The normalized spacial score (nSPS) is 16.6. The summed E-state index contributed by atoms with van der Waals surface area (Å²) in [7, 11) is 1.73. The molecule has 1 aliphatic heterocycles. The van der Waals surface area contributed by atoms with E-state index in [-0.39, 0.29) is 41.3 Å². The van der Waals surface area contributed by atoms with Gasteiger partial charge in [-0.3, -0.25) is 9.69 Å². The average molecular weight is 472 g/mol. The number of alkyl halides is 3. The van der Waals surface area contributed by atoms with Gasteiger partial charge in [0.2, 0.25) is 5.91 Å². The number of aromatic nitrogens is 3. The molecular weight excluding hydrogens is 449 g/mol. The Bertz CT molecular complexity index is 1260. The van der Waals surface area contributed by atoms with E-state index in [1.165, 1.54) is 18.5 Å². The minimum atomic E-state index is -4.65. The fourth-order valence-corrected chi connectivity index (χ4v) is 4.26. The molecule has 1 fully saturated rings. The van der Waals surface area contributed by atoms with Crippen LogP contribution >= 0.6 is 0 Å². The minimum Gasteiger partial charge on any atom is -0.493 e. The number of nitriles is 1. The molecule has 11 heteroatoms. The highest BCUT2D eigenvalue weighted by Gasteiger charge is 2.35. The van der Waals surface area contributed by atoms with Crippen molar-refractivity contribution in [3.63, 3.8) is 0 Å². The Morgan fingerprint density at radius 1 is 1.35 bits per heavy atom. The van der Waals surface area contributed by atoms with Crippen LogP contribution in [0.3, 0.4) is 0 Å². The van der Waals surface area contributed by atoms with Crippen molar-refractivity contribution in [1.29, 1.82) is 5.26 Å². The number of carbonyl (C=O) groups excluding carboxylic acids is 1. The second-order valence-electron chi connectivity index (χ2n) is 8.20. The van der Waals surface area contributed by atoms with Crippen LogP contribution in [0.4, 0.5) is 13.2 Å². The third-order valence-corrected chi connectivity index (χ3v) is 5.94. The second kappa shape index (κ2) is 9.30. The van der Waals surface area contributed by atoms with Crippen LogP contribution in [-0.4, -0.2) is 51.1 Å². The van der Waals surface area contributed by atoms with Gasteiger partial charge in [0.15, 0.2) is 5.69 Å². The number of nitrogens with two attached hydrogens (primary N) is 1. The summed E-state index contributed by atoms with van der Waals surface area (Å²) < 4.78 is 48.6. The molecule has 3 heterocycles. The first kappa shape index (κ1) is 23.5. The van der Waals surface area contributed by atoms with Crippen molar-refractivity contribution in [2.24, 2.45) is 12.8 Å². The number of imidazole rings is 1. The summed E-state index contributed by atoms with van der Waals surface area (Å²) in [6, 6.07) is 6.95. The molecule has 0 aliphatic carbocycles. The highest BCUT2D eigenvalue weighted by Crippen LogP contribution is 2.39. The van der Waals surface area contributed by atoms with Gasteiger partial charge in [0.1, 0.15) is 17.3 Å². The lowest BCUT2D eigenvalue weighted by Gasteiger charge is -2.22. The largest absolute Gasteiger partial charge is 0.493 e. The van der Waals surface area contributed by atoms with E-state index in [1.807, 2.05) is 11.0 Å². The van der Waals surface area contributed by atoms with Gasteiger partial charge >= 0.3 is 6.18 Å². The molecule has 1 unspecified atom stereocenters. The van der Waals surface area contributed by atoms with Crippen LogP contribution in [0, 0.1) is 11.3 Å². The van der Waals surface area contributed by atoms with Crippen LogP contribution in [0.25, 0.3) is 22.3 Å². The Morgan fingerprint density at radius 2 is 2.15 bits per heavy atom. The molecule has 0 bridgehead atoms. The molecule has 4 rings (SSSR count). The fraction of sp³-hybridized carbons (Fsp3) is 0.391. The number of halogens is 3. The Morgan fingerprint density at radius 3 is 2.85 bits per heavy atom. The number of rotatable bonds is 7. The van der Waals surface area contributed by atoms with Crippen molar-refractivity contribution in [2.75, 3.05) is 19.7 Å². The molecule has 1 amide bonds. The highest BCUT2D eigenvalue weighted by molar-refractivity contribution is 5.84. The maximum absolute atomic E-state index is 13.8. The van der Waals surface area contributed by atoms with E-state index in [2.05, 4.69) is 9.97 Å². The lowest BCUT2D eigenvalue weighted by molar-refractivity contribution is -0.139. The third kappa shape index (κ3) is 4.68. The number of aryl methyl sites for hydroxylation is 1. The van der Waals surface area contributed by atoms with Gasteiger partial charge in [0.05, 0.1) is 35.8 Å². The van der Waals surface area contributed by atoms with Crippen molar-refractivity contribution < 1.29 is 22.7 Å². The number of carbonyl (C=O) groups is 1. The lowest BCUT2D eigenvalue weighted by Crippen LogP contribution is -2.41. The first-order valence-electron chi connectivity index (χ1n) is 10.8. The first-order valence-corrected chi connectivity index (χ1v) is 10.8. The van der Waals surface area contributed by atoms with Gasteiger partial charge in [-0.15, -0.1) is 0 Å². The molecule has 3 aromatic rings. The third-order valence-electron chi connectivity index (χ3n) is 5.94. The molecule has 0 saturated carbocycles. The number of nitrogens with zero attached hydrogens (tertiary/aromatic N) is 5. The number of hydrogen-bond acceptors (Lipinski definition) is 6. The monoisotopic (exact) mass is 472 g/mol. The zero-order valence-electron chi connectivity index (χ0n) is 18.5. The molecular formula is C23H23F3N6O2. The summed E-state index contributed by atoms with van der Waals surface area (Å²) in [5.74, 6) is -0.669. The van der Waals surface area contributed by atoms with Gasteiger partial charge in [-0.25, -0.2) is 9.97 Å². The van der Waals surface area contributed by atoms with Gasteiger partial charge in [-0.1, -0.05) is 0 Å². The average Bonchev–Trinajstić information content (AvgIpc) is 3.42. The van der Waals surface area contributed by atoms with Crippen molar-refractivity contribution >= 4 is 16.9 Å². The van der Waals surface area contributed by atoms with Crippen LogP contribution in [-0.2, 0) is 18.0 Å². The number of benzene rings is 1. The molecule has 34 heavy (non-hydrogen) atoms. The lowest BCUT2D eigenvalue weighted by atomic mass is 10.1. The number of likely N-dealkylation sites (tertiary alicyclic amines) is 1. The van der Waals surface area contributed by atoms with Crippen molar-refractivity contribution in [1.82, 2.24) is 19.4 Å². The van der Waals surface area contributed by atoms with E-state index >= 15 is 0 Å². The smallest absolute Gasteiger partial charge is 0.419 e. The van der Waals surface area contributed by atoms with Gasteiger partial charge in [0.25, 0.3) is 0 Å². The van der Waals surface area contributed by atoms with Gasteiger partial charge in [0, 0.05) is 19.2 Å². The number of ether oxygens (including phenoxy) is 1. The number of pyridine rings is 1. The topological polar surface area (TPSA) is 110 Å². The van der Waals surface area contributed by atoms with E-state index < -0.39 is 11.7 Å². The van der Waals surface area contributed by atoms with Crippen LogP contribution in [0.5, 0.6) is 5.75 Å². The number of hydrogen-bond donors (Lipinski definition) is 1. The first-order chi connectivity index (χ1) is 16.2. The fourth-order valence-electron chi connectivity index (χ4n) is 4.26. The summed E-state index contributed by atoms with van der Waals surface area (Å²) >= 11 is 0. The quantitative estimate of drug-likeness (QED) is 0.529. The van der Waals surface area contributed by atoms with Crippen molar-refractivity contribution in [3.05, 3.63) is 41.9 Å². The molecule has 2 N–H and O–H groups in total. The SMILES string of the molecule is Cn1cnc2c(C#N)nc(-c3ccc(OCCCN4CCCC4C(N)=O)c(C(F)(F)F)c3)cc21. The van der Waals surface area contributed by atoms with Crippen molar-refractivity contribution in [3.8, 4) is 23.1 Å². The van der Waals surface area contributed by atoms with Gasteiger partial charge < -0.3 is 15.0 Å². The zero-order valence-corrected chi connectivity index (χ0v) is 18.5. The summed E-state index contributed by atoms with van der Waals surface area (Å²) in [5.41, 5.74) is 5.94. The predicted octanol–water partition coefficient (Wildman–Crippen LogP) is 3.24. The molecule has 0 spiro atoms. The number of fused-ring (bicyclic) bond motifs is 1. The van der Waals surface area contributed by atoms with Gasteiger partial charge in [-0.05, 0) is 50.1 Å². The molecule has 1 aromatic carbocycles. The predicted molar refractivity (Wildman–Crippen MR) is 118 cm³/mol. The van der Waals surface area contributed by atoms with Crippen LogP contribution < -0.4 is 10.5 Å². The Balaban J connectivity index is 1.54. The van der Waals surface area contributed by atoms with Gasteiger partial charge in [-0.2, -0.15) is 18.4 Å². The van der Waals surface area contributed by atoms with Crippen LogP contribution in [0.1, 0.15) is 30.5 Å². The van der Waals surface area contributed by atoms with E-state index in [4.69, 9.17) is 10.5 Å². The Kier molecular flexibility index (Phi) is 6.43.